The minimum Gasteiger partial charge on any atom is -0.0911 e. The molecule has 2 aliphatic heterocycles. The van der Waals surface area contributed by atoms with Gasteiger partial charge < -0.3 is 0 Å². The molecule has 0 aromatic heterocycles. The van der Waals surface area contributed by atoms with Crippen LogP contribution in [0, 0.1) is 0 Å². The van der Waals surface area contributed by atoms with Gasteiger partial charge in [0.15, 0.2) is 0 Å². The second-order valence-electron chi connectivity index (χ2n) is 16.7. The van der Waals surface area contributed by atoms with Gasteiger partial charge in [0, 0.05) is 25.0 Å². The molecule has 60 heavy (non-hydrogen) atoms. The van der Waals surface area contributed by atoms with Crippen LogP contribution in [0.25, 0.3) is 65.7 Å². The summed E-state index contributed by atoms with van der Waals surface area (Å²) in [5.41, 5.74) is 14.4. The van der Waals surface area contributed by atoms with Crippen LogP contribution in [0.4, 0.5) is 0 Å². The Morgan fingerprint density at radius 1 is 0.350 bits per heavy atom. The molecular formula is C57H39BS2. The van der Waals surface area contributed by atoms with Gasteiger partial charge in [-0.3, -0.25) is 0 Å². The molecule has 0 bridgehead atoms. The van der Waals surface area contributed by atoms with Crippen molar-refractivity contribution in [3.63, 3.8) is 0 Å². The van der Waals surface area contributed by atoms with E-state index in [9.17, 15) is 0 Å². The molecule has 10 aromatic carbocycles. The lowest BCUT2D eigenvalue weighted by molar-refractivity contribution is 0.639. The third kappa shape index (κ3) is 5.49. The van der Waals surface area contributed by atoms with Crippen LogP contribution in [0.3, 0.4) is 0 Å². The molecule has 0 saturated heterocycles. The van der Waals surface area contributed by atoms with Gasteiger partial charge in [-0.25, -0.2) is 0 Å². The zero-order chi connectivity index (χ0) is 40.0. The molecule has 0 spiro atoms. The Kier molecular flexibility index (Phi) is 8.27. The second kappa shape index (κ2) is 13.9. The highest BCUT2D eigenvalue weighted by Crippen LogP contribution is 2.49. The topological polar surface area (TPSA) is 0 Å². The second-order valence-corrected chi connectivity index (χ2v) is 18.9. The maximum atomic E-state index is 2.51. The van der Waals surface area contributed by atoms with Crippen molar-refractivity contribution in [3.8, 4) is 33.4 Å². The van der Waals surface area contributed by atoms with Gasteiger partial charge in [0.1, 0.15) is 0 Å². The molecule has 282 valence electrons. The molecule has 3 heteroatoms. The minimum atomic E-state index is -0.128. The number of benzene rings is 10. The fourth-order valence-electron chi connectivity index (χ4n) is 10.1. The molecule has 0 nitrogen and oxygen atoms in total. The van der Waals surface area contributed by atoms with Crippen molar-refractivity contribution < 1.29 is 0 Å². The van der Waals surface area contributed by atoms with Crippen molar-refractivity contribution in [1.29, 1.82) is 0 Å². The molecule has 0 unspecified atom stereocenters. The van der Waals surface area contributed by atoms with E-state index in [4.69, 9.17) is 0 Å². The van der Waals surface area contributed by atoms with Crippen molar-refractivity contribution in [2.24, 2.45) is 0 Å². The van der Waals surface area contributed by atoms with E-state index in [1.165, 1.54) is 113 Å². The largest absolute Gasteiger partial charge is 0.247 e. The number of hydrogen-bond donors (Lipinski definition) is 0. The maximum Gasteiger partial charge on any atom is 0.247 e. The molecule has 0 N–H and O–H groups in total. The van der Waals surface area contributed by atoms with Crippen molar-refractivity contribution in [2.45, 2.75) is 38.8 Å². The Hall–Kier alpha value is -6.26. The summed E-state index contributed by atoms with van der Waals surface area (Å²) in [6, 6.07) is 74.9. The van der Waals surface area contributed by atoms with Crippen molar-refractivity contribution in [3.05, 3.63) is 211 Å². The Morgan fingerprint density at radius 2 is 0.850 bits per heavy atom. The lowest BCUT2D eigenvalue weighted by Gasteiger charge is -2.35. The van der Waals surface area contributed by atoms with Crippen LogP contribution in [-0.2, 0) is 5.41 Å². The first-order valence-electron chi connectivity index (χ1n) is 20.9. The molecule has 12 rings (SSSR count). The van der Waals surface area contributed by atoms with E-state index >= 15 is 0 Å². The summed E-state index contributed by atoms with van der Waals surface area (Å²) in [7, 11) is 0. The first-order valence-corrected chi connectivity index (χ1v) is 22.5. The Morgan fingerprint density at radius 3 is 1.52 bits per heavy atom. The zero-order valence-electron chi connectivity index (χ0n) is 33.4. The van der Waals surface area contributed by atoms with Gasteiger partial charge in [-0.2, -0.15) is 0 Å². The Labute approximate surface area is 360 Å². The molecular weight excluding hydrogens is 760 g/mol. The summed E-state index contributed by atoms with van der Waals surface area (Å²) in [6.07, 6.45) is 0. The summed E-state index contributed by atoms with van der Waals surface area (Å²) < 4.78 is 0. The van der Waals surface area contributed by atoms with Crippen molar-refractivity contribution in [2.75, 3.05) is 0 Å². The monoisotopic (exact) mass is 798 g/mol. The summed E-state index contributed by atoms with van der Waals surface area (Å²) in [4.78, 5) is 5.42. The molecule has 0 atom stereocenters. The normalized spacial score (nSPS) is 13.0. The average Bonchev–Trinajstić information content (AvgIpc) is 3.30. The van der Waals surface area contributed by atoms with Gasteiger partial charge >= 0.3 is 0 Å². The van der Waals surface area contributed by atoms with Crippen LogP contribution in [0.5, 0.6) is 0 Å². The standard InChI is InChI=1S/C57H39BS2/c1-57(2,38-19-7-4-8-20-38)39-29-32-49-51(35-39)60-53-34-37(33-52-56(53)58(49)48-27-15-16-28-50(48)59-52)54-43-23-11-13-25-45(43)55(46-26-14-12-24-44(46)54)47-31-30-40(36-17-5-3-6-18-36)41-21-9-10-22-42(41)47/h3-35H,1-2H3. The minimum absolute atomic E-state index is 0.128. The maximum absolute atomic E-state index is 2.51. The molecule has 0 aliphatic carbocycles. The number of rotatable bonds is 5. The van der Waals surface area contributed by atoms with Crippen molar-refractivity contribution >= 4 is 78.9 Å². The molecule has 0 radical (unpaired) electrons. The quantitative estimate of drug-likeness (QED) is 0.126. The summed E-state index contributed by atoms with van der Waals surface area (Å²) in [5, 5.41) is 7.65. The zero-order valence-corrected chi connectivity index (χ0v) is 35.1. The van der Waals surface area contributed by atoms with Gasteiger partial charge in [-0.15, -0.1) is 0 Å². The van der Waals surface area contributed by atoms with Crippen LogP contribution < -0.4 is 16.4 Å². The van der Waals surface area contributed by atoms with Crippen LogP contribution in [0.2, 0.25) is 0 Å². The van der Waals surface area contributed by atoms with E-state index in [0.717, 1.165) is 0 Å². The highest BCUT2D eigenvalue weighted by molar-refractivity contribution is 8.01. The van der Waals surface area contributed by atoms with Crippen molar-refractivity contribution in [1.82, 2.24) is 0 Å². The predicted molar refractivity (Wildman–Crippen MR) is 260 cm³/mol. The van der Waals surface area contributed by atoms with Crippen LogP contribution >= 0.6 is 23.5 Å². The first kappa shape index (κ1) is 35.7. The van der Waals surface area contributed by atoms with E-state index in [2.05, 4.69) is 214 Å². The lowest BCUT2D eigenvalue weighted by atomic mass is 9.36. The van der Waals surface area contributed by atoms with E-state index in [1.807, 2.05) is 23.5 Å². The Balaban J connectivity index is 1.08. The smallest absolute Gasteiger partial charge is 0.0911 e. The first-order chi connectivity index (χ1) is 29.5. The number of hydrogen-bond acceptors (Lipinski definition) is 2. The highest BCUT2D eigenvalue weighted by Gasteiger charge is 2.39. The molecule has 0 amide bonds. The van der Waals surface area contributed by atoms with Gasteiger partial charge in [-0.05, 0) is 107 Å². The number of fused-ring (bicyclic) bond motifs is 7. The fraction of sp³-hybridized carbons (Fsp3) is 0.0526. The fourth-order valence-corrected chi connectivity index (χ4v) is 12.6. The third-order valence-corrected chi connectivity index (χ3v) is 15.4. The summed E-state index contributed by atoms with van der Waals surface area (Å²) in [6.45, 7) is 4.90. The molecule has 2 aliphatic rings. The van der Waals surface area contributed by atoms with E-state index < -0.39 is 0 Å². The summed E-state index contributed by atoms with van der Waals surface area (Å²) >= 11 is 3.89. The van der Waals surface area contributed by atoms with Crippen LogP contribution in [-0.4, -0.2) is 6.71 Å². The van der Waals surface area contributed by atoms with E-state index in [0.29, 0.717) is 0 Å². The third-order valence-electron chi connectivity index (χ3n) is 13.1. The molecule has 0 saturated carbocycles. The van der Waals surface area contributed by atoms with Crippen LogP contribution in [0.1, 0.15) is 25.0 Å². The summed E-state index contributed by atoms with van der Waals surface area (Å²) in [5.74, 6) is 0. The van der Waals surface area contributed by atoms with E-state index in [-0.39, 0.29) is 12.1 Å². The van der Waals surface area contributed by atoms with Gasteiger partial charge in [0.2, 0.25) is 6.71 Å². The van der Waals surface area contributed by atoms with Gasteiger partial charge in [-0.1, -0.05) is 224 Å². The predicted octanol–water partition coefficient (Wildman–Crippen LogP) is 13.9. The van der Waals surface area contributed by atoms with E-state index in [1.54, 1.807) is 0 Å². The Bertz CT molecular complexity index is 3290. The molecule has 2 heterocycles. The highest BCUT2D eigenvalue weighted by atomic mass is 32.2. The lowest BCUT2D eigenvalue weighted by Crippen LogP contribution is -2.58. The molecule has 0 fully saturated rings. The van der Waals surface area contributed by atoms with Gasteiger partial charge in [0.05, 0.1) is 0 Å². The molecule has 10 aromatic rings. The van der Waals surface area contributed by atoms with Gasteiger partial charge in [0.25, 0.3) is 0 Å². The average molecular weight is 799 g/mol. The van der Waals surface area contributed by atoms with Crippen LogP contribution in [0.15, 0.2) is 220 Å². The SMILES string of the molecule is CC(C)(c1ccccc1)c1ccc2c(c1)Sc1cc(-c3c4ccccc4c(-c4ccc(-c5ccccc5)c5ccccc45)c4ccccc34)cc3c1B2c1ccccc1S3.